The van der Waals surface area contributed by atoms with E-state index in [0.29, 0.717) is 32.4 Å². The molecule has 0 aliphatic carbocycles. The van der Waals surface area contributed by atoms with Gasteiger partial charge in [0.1, 0.15) is 5.82 Å². The van der Waals surface area contributed by atoms with Crippen LogP contribution in [0.1, 0.15) is 18.4 Å². The lowest BCUT2D eigenvalue weighted by Gasteiger charge is -2.21. The molecule has 1 unspecified atom stereocenters. The van der Waals surface area contributed by atoms with Crippen LogP contribution in [0.5, 0.6) is 0 Å². The number of hydrogen-bond acceptors (Lipinski definition) is 3. The van der Waals surface area contributed by atoms with E-state index in [9.17, 15) is 14.0 Å². The van der Waals surface area contributed by atoms with Crippen molar-refractivity contribution in [2.24, 2.45) is 5.92 Å². The Morgan fingerprint density at radius 2 is 2.05 bits per heavy atom. The first kappa shape index (κ1) is 16.4. The van der Waals surface area contributed by atoms with E-state index in [4.69, 9.17) is 9.84 Å². The predicted molar refractivity (Wildman–Crippen MR) is 77.9 cm³/mol. The van der Waals surface area contributed by atoms with E-state index in [1.165, 1.54) is 12.1 Å². The van der Waals surface area contributed by atoms with Crippen LogP contribution in [0.15, 0.2) is 24.3 Å². The monoisotopic (exact) mass is 309 g/mol. The number of carbonyl (C=O) groups excluding carboxylic acids is 1. The molecular formula is C16H20FNO4. The summed E-state index contributed by atoms with van der Waals surface area (Å²) in [5.41, 5.74) is 0.983. The SMILES string of the molecule is O=C(O)C1COCCN(C(=O)CCCc2ccc(F)cc2)C1. The molecule has 22 heavy (non-hydrogen) atoms. The first-order valence-corrected chi connectivity index (χ1v) is 7.39. The van der Waals surface area contributed by atoms with Gasteiger partial charge in [0.15, 0.2) is 0 Å². The molecule has 5 nitrogen and oxygen atoms in total. The molecule has 1 saturated heterocycles. The summed E-state index contributed by atoms with van der Waals surface area (Å²) in [5, 5.41) is 9.06. The second-order valence-electron chi connectivity index (χ2n) is 5.43. The third-order valence-corrected chi connectivity index (χ3v) is 3.74. The zero-order valence-electron chi connectivity index (χ0n) is 12.3. The van der Waals surface area contributed by atoms with Crippen molar-refractivity contribution < 1.29 is 23.8 Å². The molecular weight excluding hydrogens is 289 g/mol. The fraction of sp³-hybridized carbons (Fsp3) is 0.500. The Bertz CT molecular complexity index is 517. The average Bonchev–Trinajstić information content (AvgIpc) is 2.75. The van der Waals surface area contributed by atoms with Gasteiger partial charge >= 0.3 is 5.97 Å². The minimum absolute atomic E-state index is 0.0566. The lowest BCUT2D eigenvalue weighted by atomic mass is 10.1. The van der Waals surface area contributed by atoms with E-state index >= 15 is 0 Å². The van der Waals surface area contributed by atoms with E-state index in [2.05, 4.69) is 0 Å². The molecule has 0 radical (unpaired) electrons. The van der Waals surface area contributed by atoms with E-state index < -0.39 is 11.9 Å². The van der Waals surface area contributed by atoms with Crippen LogP contribution in [-0.2, 0) is 20.7 Å². The van der Waals surface area contributed by atoms with Crippen molar-refractivity contribution in [3.63, 3.8) is 0 Å². The summed E-state index contributed by atoms with van der Waals surface area (Å²) in [4.78, 5) is 24.8. The summed E-state index contributed by atoms with van der Waals surface area (Å²) in [6.07, 6.45) is 1.70. The van der Waals surface area contributed by atoms with Crippen LogP contribution in [0.4, 0.5) is 4.39 Å². The number of carboxylic acid groups (broad SMARTS) is 1. The van der Waals surface area contributed by atoms with Crippen LogP contribution in [-0.4, -0.2) is 48.2 Å². The van der Waals surface area contributed by atoms with E-state index in [1.54, 1.807) is 17.0 Å². The van der Waals surface area contributed by atoms with E-state index in [1.807, 2.05) is 0 Å². The summed E-state index contributed by atoms with van der Waals surface area (Å²) in [7, 11) is 0. The van der Waals surface area contributed by atoms with Gasteiger partial charge in [-0.2, -0.15) is 0 Å². The van der Waals surface area contributed by atoms with Crippen molar-refractivity contribution in [2.75, 3.05) is 26.3 Å². The van der Waals surface area contributed by atoms with E-state index in [0.717, 1.165) is 5.56 Å². The Morgan fingerprint density at radius 1 is 1.32 bits per heavy atom. The van der Waals surface area contributed by atoms with Gasteiger partial charge in [-0.15, -0.1) is 0 Å². The van der Waals surface area contributed by atoms with Crippen molar-refractivity contribution in [1.82, 2.24) is 4.90 Å². The van der Waals surface area contributed by atoms with Crippen molar-refractivity contribution in [1.29, 1.82) is 0 Å². The number of aliphatic carboxylic acids is 1. The van der Waals surface area contributed by atoms with Crippen molar-refractivity contribution in [3.05, 3.63) is 35.6 Å². The number of aryl methyl sites for hydroxylation is 1. The number of hydrogen-bond donors (Lipinski definition) is 1. The Labute approximate surface area is 128 Å². The molecule has 0 bridgehead atoms. The number of halogens is 1. The second-order valence-corrected chi connectivity index (χ2v) is 5.43. The van der Waals surface area contributed by atoms with Crippen molar-refractivity contribution in [2.45, 2.75) is 19.3 Å². The summed E-state index contributed by atoms with van der Waals surface area (Å²) in [6.45, 7) is 1.14. The summed E-state index contributed by atoms with van der Waals surface area (Å²) in [5.74, 6) is -1.93. The maximum absolute atomic E-state index is 12.8. The minimum Gasteiger partial charge on any atom is -0.481 e. The topological polar surface area (TPSA) is 66.8 Å². The third kappa shape index (κ3) is 4.80. The average molecular weight is 309 g/mol. The molecule has 0 spiro atoms. The maximum atomic E-state index is 12.8. The van der Waals surface area contributed by atoms with Crippen LogP contribution in [0, 0.1) is 11.7 Å². The maximum Gasteiger partial charge on any atom is 0.310 e. The van der Waals surface area contributed by atoms with Crippen molar-refractivity contribution >= 4 is 11.9 Å². The van der Waals surface area contributed by atoms with Gasteiger partial charge in [-0.25, -0.2) is 4.39 Å². The first-order chi connectivity index (χ1) is 10.6. The summed E-state index contributed by atoms with van der Waals surface area (Å²) in [6, 6.07) is 6.22. The Kier molecular flexibility index (Phi) is 5.89. The van der Waals surface area contributed by atoms with Crippen LogP contribution in [0.2, 0.25) is 0 Å². The standard InChI is InChI=1S/C16H20FNO4/c17-14-6-4-12(5-7-14)2-1-3-15(19)18-8-9-22-11-13(10-18)16(20)21/h4-7,13H,1-3,8-11H2,(H,20,21). The van der Waals surface area contributed by atoms with Crippen LogP contribution < -0.4 is 0 Å². The molecule has 1 aromatic carbocycles. The minimum atomic E-state index is -0.939. The Hall–Kier alpha value is -1.95. The molecule has 1 heterocycles. The molecule has 6 heteroatoms. The lowest BCUT2D eigenvalue weighted by molar-refractivity contribution is -0.144. The number of benzene rings is 1. The highest BCUT2D eigenvalue weighted by Crippen LogP contribution is 2.12. The van der Waals surface area contributed by atoms with Gasteiger partial charge in [-0.1, -0.05) is 12.1 Å². The highest BCUT2D eigenvalue weighted by Gasteiger charge is 2.26. The zero-order valence-corrected chi connectivity index (χ0v) is 12.3. The van der Waals surface area contributed by atoms with Gasteiger partial charge in [0, 0.05) is 19.5 Å². The van der Waals surface area contributed by atoms with Gasteiger partial charge in [-0.05, 0) is 30.5 Å². The largest absolute Gasteiger partial charge is 0.481 e. The molecule has 120 valence electrons. The van der Waals surface area contributed by atoms with Gasteiger partial charge < -0.3 is 14.7 Å². The van der Waals surface area contributed by atoms with Gasteiger partial charge in [0.2, 0.25) is 5.91 Å². The third-order valence-electron chi connectivity index (χ3n) is 3.74. The lowest BCUT2D eigenvalue weighted by Crippen LogP contribution is -2.38. The highest BCUT2D eigenvalue weighted by molar-refractivity contribution is 5.77. The Morgan fingerprint density at radius 3 is 2.73 bits per heavy atom. The molecule has 2 rings (SSSR count). The number of carbonyl (C=O) groups is 2. The van der Waals surface area contributed by atoms with Gasteiger partial charge in [-0.3, -0.25) is 9.59 Å². The molecule has 0 aromatic heterocycles. The van der Waals surface area contributed by atoms with Gasteiger partial charge in [0.25, 0.3) is 0 Å². The van der Waals surface area contributed by atoms with Gasteiger partial charge in [0.05, 0.1) is 19.1 Å². The van der Waals surface area contributed by atoms with Crippen LogP contribution in [0.25, 0.3) is 0 Å². The van der Waals surface area contributed by atoms with Crippen molar-refractivity contribution in [3.8, 4) is 0 Å². The molecule has 1 N–H and O–H groups in total. The summed E-state index contributed by atoms with van der Waals surface area (Å²) >= 11 is 0. The number of rotatable bonds is 5. The molecule has 0 saturated carbocycles. The van der Waals surface area contributed by atoms with Crippen LogP contribution in [0.3, 0.4) is 0 Å². The smallest absolute Gasteiger partial charge is 0.310 e. The molecule has 1 fully saturated rings. The molecule has 1 aromatic rings. The first-order valence-electron chi connectivity index (χ1n) is 7.39. The zero-order chi connectivity index (χ0) is 15.9. The fourth-order valence-corrected chi connectivity index (χ4v) is 2.44. The highest BCUT2D eigenvalue weighted by atomic mass is 19.1. The normalized spacial score (nSPS) is 18.8. The second kappa shape index (κ2) is 7.89. The molecule has 1 atom stereocenters. The fourth-order valence-electron chi connectivity index (χ4n) is 2.44. The summed E-state index contributed by atoms with van der Waals surface area (Å²) < 4.78 is 18.0. The Balaban J connectivity index is 1.80. The quantitative estimate of drug-likeness (QED) is 0.899. The molecule has 1 aliphatic heterocycles. The van der Waals surface area contributed by atoms with Crippen LogP contribution >= 0.6 is 0 Å². The number of amides is 1. The number of nitrogens with zero attached hydrogens (tertiary/aromatic N) is 1. The predicted octanol–water partition coefficient (Wildman–Crippen LogP) is 1.71. The molecule has 1 aliphatic rings. The number of carboxylic acids is 1. The molecule has 1 amide bonds. The number of ether oxygens (including phenoxy) is 1. The van der Waals surface area contributed by atoms with E-state index in [-0.39, 0.29) is 24.9 Å².